The molecule has 0 unspecified atom stereocenters. The van der Waals surface area contributed by atoms with Gasteiger partial charge < -0.3 is 10.1 Å². The molecule has 1 rings (SSSR count). The van der Waals surface area contributed by atoms with Crippen LogP contribution in [-0.2, 0) is 16.1 Å². The number of nitro benzene ring substituents is 1. The number of nitrogens with zero attached hydrogens (tertiary/aromatic N) is 1. The zero-order chi connectivity index (χ0) is 13.5. The van der Waals surface area contributed by atoms with E-state index in [4.69, 9.17) is 0 Å². The van der Waals surface area contributed by atoms with Gasteiger partial charge in [0.2, 0.25) is 0 Å². The maximum absolute atomic E-state index is 10.9. The minimum Gasteiger partial charge on any atom is -0.469 e. The van der Waals surface area contributed by atoms with Gasteiger partial charge in [-0.2, -0.15) is 0 Å². The normalized spacial score (nSPS) is 10.1. The maximum atomic E-state index is 10.9. The Balaban J connectivity index is 2.58. The topological polar surface area (TPSA) is 81.5 Å². The summed E-state index contributed by atoms with van der Waals surface area (Å²) in [6.07, 6.45) is 0.234. The molecule has 98 valence electrons. The number of methoxy groups -OCH3 is 1. The number of hydrogen-bond donors (Lipinski definition) is 1. The van der Waals surface area contributed by atoms with Crippen molar-refractivity contribution in [1.29, 1.82) is 0 Å². The fourth-order valence-corrected chi connectivity index (χ4v) is 1.80. The summed E-state index contributed by atoms with van der Waals surface area (Å²) in [6.45, 7) is 0.739. The molecular weight excluding hydrogens is 304 g/mol. The molecule has 0 saturated heterocycles. The summed E-state index contributed by atoms with van der Waals surface area (Å²) >= 11 is 3.26. The van der Waals surface area contributed by atoms with Gasteiger partial charge in [-0.15, -0.1) is 0 Å². The van der Waals surface area contributed by atoms with Crippen LogP contribution in [0.3, 0.4) is 0 Å². The van der Waals surface area contributed by atoms with Crippen LogP contribution in [0.15, 0.2) is 22.7 Å². The molecule has 1 aromatic rings. The summed E-state index contributed by atoms with van der Waals surface area (Å²) in [6, 6.07) is 4.75. The second kappa shape index (κ2) is 7.07. The first-order valence-electron chi connectivity index (χ1n) is 5.25. The average Bonchev–Trinajstić information content (AvgIpc) is 2.34. The van der Waals surface area contributed by atoms with Crippen LogP contribution in [0.1, 0.15) is 12.0 Å². The molecule has 0 aliphatic heterocycles. The van der Waals surface area contributed by atoms with Gasteiger partial charge in [-0.1, -0.05) is 15.9 Å². The molecule has 0 atom stereocenters. The zero-order valence-corrected chi connectivity index (χ0v) is 11.4. The van der Waals surface area contributed by atoms with Gasteiger partial charge in [-0.05, 0) is 12.1 Å². The molecule has 0 spiro atoms. The van der Waals surface area contributed by atoms with E-state index in [0.29, 0.717) is 18.7 Å². The molecule has 6 nitrogen and oxygen atoms in total. The quantitative estimate of drug-likeness (QED) is 0.376. The Kier molecular flexibility index (Phi) is 5.73. The van der Waals surface area contributed by atoms with E-state index in [1.54, 1.807) is 12.1 Å². The number of rotatable bonds is 6. The van der Waals surface area contributed by atoms with Crippen molar-refractivity contribution in [2.45, 2.75) is 13.0 Å². The summed E-state index contributed by atoms with van der Waals surface area (Å²) in [5, 5.41) is 13.8. The van der Waals surface area contributed by atoms with E-state index in [9.17, 15) is 14.9 Å². The second-order valence-electron chi connectivity index (χ2n) is 3.53. The van der Waals surface area contributed by atoms with Gasteiger partial charge in [-0.25, -0.2) is 0 Å². The number of hydrogen-bond acceptors (Lipinski definition) is 5. The van der Waals surface area contributed by atoms with Crippen LogP contribution in [0.2, 0.25) is 0 Å². The summed E-state index contributed by atoms with van der Waals surface area (Å²) in [7, 11) is 1.32. The lowest BCUT2D eigenvalue weighted by Gasteiger charge is -2.05. The first-order chi connectivity index (χ1) is 8.54. The SMILES string of the molecule is COC(=O)CCNCc1cc(Br)ccc1[N+](=O)[O-]. The van der Waals surface area contributed by atoms with Crippen molar-refractivity contribution in [1.82, 2.24) is 5.32 Å². The van der Waals surface area contributed by atoms with Crippen LogP contribution in [-0.4, -0.2) is 24.5 Å². The molecule has 0 aliphatic carbocycles. The minimum atomic E-state index is -0.427. The molecule has 0 saturated carbocycles. The van der Waals surface area contributed by atoms with Crippen molar-refractivity contribution in [2.75, 3.05) is 13.7 Å². The Hall–Kier alpha value is -1.47. The Morgan fingerprint density at radius 2 is 2.28 bits per heavy atom. The van der Waals surface area contributed by atoms with E-state index in [1.807, 2.05) is 0 Å². The predicted octanol–water partition coefficient (Wildman–Crippen LogP) is 2.01. The van der Waals surface area contributed by atoms with Crippen molar-refractivity contribution >= 4 is 27.6 Å². The van der Waals surface area contributed by atoms with Gasteiger partial charge in [0.05, 0.1) is 18.5 Å². The highest BCUT2D eigenvalue weighted by Crippen LogP contribution is 2.22. The molecule has 0 aliphatic rings. The van der Waals surface area contributed by atoms with Crippen molar-refractivity contribution < 1.29 is 14.5 Å². The van der Waals surface area contributed by atoms with E-state index in [0.717, 1.165) is 4.47 Å². The van der Waals surface area contributed by atoms with Crippen LogP contribution in [0.5, 0.6) is 0 Å². The fourth-order valence-electron chi connectivity index (χ4n) is 1.39. The van der Waals surface area contributed by atoms with Crippen molar-refractivity contribution in [2.24, 2.45) is 0 Å². The van der Waals surface area contributed by atoms with E-state index >= 15 is 0 Å². The van der Waals surface area contributed by atoms with E-state index in [-0.39, 0.29) is 18.1 Å². The molecule has 1 N–H and O–H groups in total. The predicted molar refractivity (Wildman–Crippen MR) is 69.1 cm³/mol. The average molecular weight is 317 g/mol. The summed E-state index contributed by atoms with van der Waals surface area (Å²) in [4.78, 5) is 21.3. The Morgan fingerprint density at radius 3 is 2.89 bits per heavy atom. The molecule has 0 fully saturated rings. The first kappa shape index (κ1) is 14.6. The Labute approximate surface area is 113 Å². The van der Waals surface area contributed by atoms with E-state index in [1.165, 1.54) is 13.2 Å². The van der Waals surface area contributed by atoms with Gasteiger partial charge in [-0.3, -0.25) is 14.9 Å². The summed E-state index contributed by atoms with van der Waals surface area (Å²) in [5.41, 5.74) is 0.628. The first-order valence-corrected chi connectivity index (χ1v) is 6.04. The molecule has 0 aromatic heterocycles. The molecule has 0 bridgehead atoms. The number of halogens is 1. The summed E-state index contributed by atoms with van der Waals surface area (Å²) < 4.78 is 5.26. The van der Waals surface area contributed by atoms with E-state index < -0.39 is 4.92 Å². The van der Waals surface area contributed by atoms with Gasteiger partial charge in [0, 0.05) is 29.2 Å². The van der Waals surface area contributed by atoms with Crippen LogP contribution >= 0.6 is 15.9 Å². The highest BCUT2D eigenvalue weighted by Gasteiger charge is 2.13. The third-order valence-electron chi connectivity index (χ3n) is 2.29. The fraction of sp³-hybridized carbons (Fsp3) is 0.364. The molecule has 0 radical (unpaired) electrons. The smallest absolute Gasteiger partial charge is 0.306 e. The third kappa shape index (κ3) is 4.42. The van der Waals surface area contributed by atoms with Crippen molar-refractivity contribution in [3.05, 3.63) is 38.3 Å². The lowest BCUT2D eigenvalue weighted by Crippen LogP contribution is -2.19. The summed E-state index contributed by atoms with van der Waals surface area (Å²) in [5.74, 6) is -0.314. The number of carbonyl (C=O) groups is 1. The number of ether oxygens (including phenoxy) is 1. The largest absolute Gasteiger partial charge is 0.469 e. The molecule has 0 heterocycles. The number of esters is 1. The molecule has 0 amide bonds. The second-order valence-corrected chi connectivity index (χ2v) is 4.45. The number of benzene rings is 1. The maximum Gasteiger partial charge on any atom is 0.306 e. The number of nitro groups is 1. The van der Waals surface area contributed by atoms with Crippen LogP contribution in [0.4, 0.5) is 5.69 Å². The lowest BCUT2D eigenvalue weighted by atomic mass is 10.2. The van der Waals surface area contributed by atoms with Gasteiger partial charge >= 0.3 is 5.97 Å². The Morgan fingerprint density at radius 1 is 1.56 bits per heavy atom. The third-order valence-corrected chi connectivity index (χ3v) is 2.78. The Bertz CT molecular complexity index is 451. The highest BCUT2D eigenvalue weighted by molar-refractivity contribution is 9.10. The molecular formula is C11H13BrN2O4. The monoisotopic (exact) mass is 316 g/mol. The lowest BCUT2D eigenvalue weighted by molar-refractivity contribution is -0.385. The van der Waals surface area contributed by atoms with Crippen LogP contribution in [0.25, 0.3) is 0 Å². The van der Waals surface area contributed by atoms with Crippen LogP contribution in [0, 0.1) is 10.1 Å². The molecule has 1 aromatic carbocycles. The number of nitrogens with one attached hydrogen (secondary N) is 1. The minimum absolute atomic E-state index is 0.0590. The standard InChI is InChI=1S/C11H13BrN2O4/c1-18-11(15)4-5-13-7-8-6-9(12)2-3-10(8)14(16)17/h2-3,6,13H,4-5,7H2,1H3. The van der Waals surface area contributed by atoms with Crippen molar-refractivity contribution in [3.8, 4) is 0 Å². The molecule has 18 heavy (non-hydrogen) atoms. The van der Waals surface area contributed by atoms with Gasteiger partial charge in [0.15, 0.2) is 0 Å². The van der Waals surface area contributed by atoms with E-state index in [2.05, 4.69) is 26.0 Å². The number of carbonyl (C=O) groups excluding carboxylic acids is 1. The molecule has 7 heteroatoms. The van der Waals surface area contributed by atoms with Gasteiger partial charge in [0.1, 0.15) is 0 Å². The van der Waals surface area contributed by atoms with Gasteiger partial charge in [0.25, 0.3) is 5.69 Å². The highest BCUT2D eigenvalue weighted by atomic mass is 79.9. The van der Waals surface area contributed by atoms with Crippen LogP contribution < -0.4 is 5.32 Å². The zero-order valence-electron chi connectivity index (χ0n) is 9.81. The van der Waals surface area contributed by atoms with Crippen molar-refractivity contribution in [3.63, 3.8) is 0 Å².